The molecule has 0 spiro atoms. The van der Waals surface area contributed by atoms with Gasteiger partial charge >= 0.3 is 6.09 Å². The fourth-order valence-electron chi connectivity index (χ4n) is 3.91. The van der Waals surface area contributed by atoms with Crippen LogP contribution in [0, 0.1) is 6.92 Å². The Morgan fingerprint density at radius 1 is 1.14 bits per heavy atom. The molecule has 29 heavy (non-hydrogen) atoms. The molecule has 4 rings (SSSR count). The lowest BCUT2D eigenvalue weighted by Crippen LogP contribution is -2.32. The average Bonchev–Trinajstić information content (AvgIpc) is 3.14. The largest absolute Gasteiger partial charge is 0.446 e. The van der Waals surface area contributed by atoms with E-state index in [1.807, 2.05) is 31.2 Å². The van der Waals surface area contributed by atoms with Gasteiger partial charge in [0.2, 0.25) is 0 Å². The Hall–Kier alpha value is -3.42. The normalized spacial score (nSPS) is 19.1. The topological polar surface area (TPSA) is 123 Å². The van der Waals surface area contributed by atoms with Crippen LogP contribution in [0.4, 0.5) is 10.6 Å². The van der Waals surface area contributed by atoms with Gasteiger partial charge < -0.3 is 20.8 Å². The predicted molar refractivity (Wildman–Crippen MR) is 109 cm³/mol. The number of nitrogens with two attached hydrogens (primary N) is 1. The first-order valence-corrected chi connectivity index (χ1v) is 9.68. The molecule has 0 aliphatic heterocycles. The zero-order valence-corrected chi connectivity index (χ0v) is 16.1. The lowest BCUT2D eigenvalue weighted by atomic mass is 9.92. The van der Waals surface area contributed by atoms with E-state index in [4.69, 9.17) is 10.5 Å². The van der Waals surface area contributed by atoms with E-state index >= 15 is 0 Å². The van der Waals surface area contributed by atoms with Crippen molar-refractivity contribution in [2.24, 2.45) is 5.73 Å². The number of aryl methyl sites for hydroxylation is 1. The quantitative estimate of drug-likeness (QED) is 0.572. The SMILES string of the molecule is Cc1ccccc1C(=O)c1c[nH]c2ncnc(NC3CCC(OC(N)=O)CC3)c12. The Balaban J connectivity index is 1.58. The Morgan fingerprint density at radius 2 is 1.90 bits per heavy atom. The van der Waals surface area contributed by atoms with E-state index < -0.39 is 6.09 Å². The standard InChI is InChI=1S/C21H23N5O3/c1-12-4-2-3-5-15(12)18(27)16-10-23-19-17(16)20(25-11-24-19)26-13-6-8-14(9-7-13)29-21(22)28/h2-5,10-11,13-14H,6-9H2,1H3,(H2,22,28)(H2,23,24,25,26). The van der Waals surface area contributed by atoms with Crippen LogP contribution < -0.4 is 11.1 Å². The Labute approximate surface area is 167 Å². The van der Waals surface area contributed by atoms with Gasteiger partial charge in [-0.05, 0) is 38.2 Å². The number of carbonyl (C=O) groups is 2. The number of hydrogen-bond donors (Lipinski definition) is 3. The molecule has 8 heteroatoms. The predicted octanol–water partition coefficient (Wildman–Crippen LogP) is 3.32. The maximum Gasteiger partial charge on any atom is 0.404 e. The van der Waals surface area contributed by atoms with Gasteiger partial charge in [-0.15, -0.1) is 0 Å². The molecule has 0 unspecified atom stereocenters. The highest BCUT2D eigenvalue weighted by molar-refractivity contribution is 6.18. The van der Waals surface area contributed by atoms with Crippen LogP contribution >= 0.6 is 0 Å². The van der Waals surface area contributed by atoms with Crippen LogP contribution in [0.25, 0.3) is 11.0 Å². The number of ketones is 1. The van der Waals surface area contributed by atoms with E-state index in [-0.39, 0.29) is 17.9 Å². The molecule has 8 nitrogen and oxygen atoms in total. The number of fused-ring (bicyclic) bond motifs is 1. The smallest absolute Gasteiger partial charge is 0.404 e. The summed E-state index contributed by atoms with van der Waals surface area (Å²) in [6, 6.07) is 7.68. The minimum atomic E-state index is -0.731. The molecular weight excluding hydrogens is 370 g/mol. The molecule has 1 aromatic carbocycles. The van der Waals surface area contributed by atoms with E-state index in [2.05, 4.69) is 20.3 Å². The molecular formula is C21H23N5O3. The van der Waals surface area contributed by atoms with Gasteiger partial charge in [0, 0.05) is 17.8 Å². The number of H-pyrrole nitrogens is 1. The highest BCUT2D eigenvalue weighted by Crippen LogP contribution is 2.29. The van der Waals surface area contributed by atoms with Gasteiger partial charge in [-0.2, -0.15) is 0 Å². The van der Waals surface area contributed by atoms with E-state index in [0.29, 0.717) is 28.0 Å². The summed E-state index contributed by atoms with van der Waals surface area (Å²) in [6.07, 6.45) is 5.40. The Kier molecular flexibility index (Phi) is 5.16. The first-order valence-electron chi connectivity index (χ1n) is 9.68. The molecule has 0 bridgehead atoms. The number of rotatable bonds is 5. The highest BCUT2D eigenvalue weighted by atomic mass is 16.6. The Morgan fingerprint density at radius 3 is 2.62 bits per heavy atom. The van der Waals surface area contributed by atoms with E-state index in [1.165, 1.54) is 6.33 Å². The number of aromatic amines is 1. The van der Waals surface area contributed by atoms with E-state index in [1.54, 1.807) is 6.20 Å². The zero-order chi connectivity index (χ0) is 20.4. The summed E-state index contributed by atoms with van der Waals surface area (Å²) in [5, 5.41) is 4.14. The van der Waals surface area contributed by atoms with Crippen molar-refractivity contribution >= 4 is 28.7 Å². The molecule has 1 fully saturated rings. The first kappa shape index (κ1) is 18.9. The second-order valence-corrected chi connectivity index (χ2v) is 7.35. The van der Waals surface area contributed by atoms with Gasteiger partial charge in [-0.3, -0.25) is 4.79 Å². The van der Waals surface area contributed by atoms with Gasteiger partial charge in [0.15, 0.2) is 5.78 Å². The van der Waals surface area contributed by atoms with Gasteiger partial charge in [0.05, 0.1) is 10.9 Å². The van der Waals surface area contributed by atoms with Gasteiger partial charge in [0.25, 0.3) is 0 Å². The maximum absolute atomic E-state index is 13.2. The molecule has 1 aliphatic rings. The third kappa shape index (κ3) is 3.91. The van der Waals surface area contributed by atoms with E-state index in [0.717, 1.165) is 31.2 Å². The number of ether oxygens (including phenoxy) is 1. The fraction of sp³-hybridized carbons (Fsp3) is 0.333. The summed E-state index contributed by atoms with van der Waals surface area (Å²) in [5.74, 6) is 0.568. The molecule has 0 radical (unpaired) electrons. The van der Waals surface area contributed by atoms with Crippen molar-refractivity contribution in [2.75, 3.05) is 5.32 Å². The number of hydrogen-bond acceptors (Lipinski definition) is 6. The fourth-order valence-corrected chi connectivity index (χ4v) is 3.91. The van der Waals surface area contributed by atoms with Crippen LogP contribution in [0.2, 0.25) is 0 Å². The molecule has 4 N–H and O–H groups in total. The van der Waals surface area contributed by atoms with Crippen LogP contribution in [-0.2, 0) is 4.74 Å². The number of anilines is 1. The van der Waals surface area contributed by atoms with Crippen LogP contribution in [0.5, 0.6) is 0 Å². The second kappa shape index (κ2) is 7.90. The number of carbonyl (C=O) groups excluding carboxylic acids is 2. The van der Waals surface area contributed by atoms with E-state index in [9.17, 15) is 9.59 Å². The molecule has 3 aromatic rings. The minimum absolute atomic E-state index is 0.0641. The summed E-state index contributed by atoms with van der Waals surface area (Å²) in [7, 11) is 0. The van der Waals surface area contributed by atoms with Gasteiger partial charge in [-0.25, -0.2) is 14.8 Å². The van der Waals surface area contributed by atoms with Crippen molar-refractivity contribution in [3.8, 4) is 0 Å². The second-order valence-electron chi connectivity index (χ2n) is 7.35. The lowest BCUT2D eigenvalue weighted by Gasteiger charge is -2.28. The number of nitrogens with zero attached hydrogens (tertiary/aromatic N) is 2. The van der Waals surface area contributed by atoms with Crippen molar-refractivity contribution in [1.82, 2.24) is 15.0 Å². The molecule has 1 aliphatic carbocycles. The van der Waals surface area contributed by atoms with Crippen molar-refractivity contribution in [3.05, 3.63) is 53.5 Å². The van der Waals surface area contributed by atoms with Crippen LogP contribution in [0.3, 0.4) is 0 Å². The molecule has 1 saturated carbocycles. The van der Waals surface area contributed by atoms with Crippen molar-refractivity contribution in [1.29, 1.82) is 0 Å². The summed E-state index contributed by atoms with van der Waals surface area (Å²) in [6.45, 7) is 1.92. The monoisotopic (exact) mass is 393 g/mol. The van der Waals surface area contributed by atoms with Crippen molar-refractivity contribution in [3.63, 3.8) is 0 Å². The minimum Gasteiger partial charge on any atom is -0.446 e. The number of amides is 1. The average molecular weight is 393 g/mol. The zero-order valence-electron chi connectivity index (χ0n) is 16.1. The van der Waals surface area contributed by atoms with Gasteiger partial charge in [-0.1, -0.05) is 24.3 Å². The Bertz CT molecular complexity index is 1050. The number of aromatic nitrogens is 3. The van der Waals surface area contributed by atoms with Crippen LogP contribution in [0.15, 0.2) is 36.8 Å². The highest BCUT2D eigenvalue weighted by Gasteiger charge is 2.25. The third-order valence-electron chi connectivity index (χ3n) is 5.40. The van der Waals surface area contributed by atoms with Crippen molar-refractivity contribution < 1.29 is 14.3 Å². The summed E-state index contributed by atoms with van der Waals surface area (Å²) >= 11 is 0. The summed E-state index contributed by atoms with van der Waals surface area (Å²) in [4.78, 5) is 35.8. The molecule has 0 saturated heterocycles. The molecule has 1 amide bonds. The molecule has 2 aromatic heterocycles. The van der Waals surface area contributed by atoms with Crippen LogP contribution in [0.1, 0.15) is 47.2 Å². The van der Waals surface area contributed by atoms with Gasteiger partial charge in [0.1, 0.15) is 23.9 Å². The van der Waals surface area contributed by atoms with Crippen LogP contribution in [-0.4, -0.2) is 39.0 Å². The third-order valence-corrected chi connectivity index (χ3v) is 5.40. The summed E-state index contributed by atoms with van der Waals surface area (Å²) < 4.78 is 5.09. The number of nitrogens with one attached hydrogen (secondary N) is 2. The lowest BCUT2D eigenvalue weighted by molar-refractivity contribution is 0.0805. The first-order chi connectivity index (χ1) is 14.0. The number of benzene rings is 1. The molecule has 0 atom stereocenters. The molecule has 2 heterocycles. The number of primary amides is 1. The maximum atomic E-state index is 13.2. The van der Waals surface area contributed by atoms with Crippen molar-refractivity contribution in [2.45, 2.75) is 44.8 Å². The molecule has 150 valence electrons. The summed E-state index contributed by atoms with van der Waals surface area (Å²) in [5.41, 5.74) is 7.85.